The van der Waals surface area contributed by atoms with Gasteiger partial charge in [0.1, 0.15) is 10.4 Å². The van der Waals surface area contributed by atoms with Crippen LogP contribution >= 0.6 is 0 Å². The molecule has 120 valence electrons. The minimum Gasteiger partial charge on any atom is -0.243 e. The van der Waals surface area contributed by atoms with E-state index in [9.17, 15) is 8.42 Å². The van der Waals surface area contributed by atoms with Gasteiger partial charge in [-0.25, -0.2) is 17.8 Å². The van der Waals surface area contributed by atoms with Crippen molar-refractivity contribution in [2.75, 3.05) is 0 Å². The average molecular weight is 331 g/mol. The molecule has 0 amide bonds. The molecule has 3 aromatic rings. The Morgan fingerprint density at radius 3 is 2.57 bits per heavy atom. The minimum absolute atomic E-state index is 0.0711. The number of aromatic nitrogens is 2. The highest BCUT2D eigenvalue weighted by Gasteiger charge is 2.24. The van der Waals surface area contributed by atoms with Crippen molar-refractivity contribution in [3.63, 3.8) is 0 Å². The Labute approximate surface area is 134 Å². The Kier molecular flexibility index (Phi) is 4.14. The molecule has 0 spiro atoms. The number of nitrogens with zero attached hydrogens (tertiary/aromatic N) is 2. The van der Waals surface area contributed by atoms with Crippen molar-refractivity contribution in [2.24, 2.45) is 0 Å². The zero-order valence-electron chi connectivity index (χ0n) is 12.9. The van der Waals surface area contributed by atoms with Crippen molar-refractivity contribution in [3.05, 3.63) is 53.6 Å². The molecule has 0 unspecified atom stereocenters. The van der Waals surface area contributed by atoms with Crippen LogP contribution in [0.25, 0.3) is 11.0 Å². The fourth-order valence-electron chi connectivity index (χ4n) is 2.43. The maximum Gasteiger partial charge on any atom is 0.243 e. The molecule has 0 saturated heterocycles. The Bertz CT molecular complexity index is 917. The second kappa shape index (κ2) is 6.10. The number of hydrogen-bond donors (Lipinski definition) is 1. The van der Waals surface area contributed by atoms with Gasteiger partial charge in [-0.1, -0.05) is 42.8 Å². The number of hydrogen-bond acceptors (Lipinski definition) is 5. The predicted molar refractivity (Wildman–Crippen MR) is 86.3 cm³/mol. The topological polar surface area (TPSA) is 85.1 Å². The van der Waals surface area contributed by atoms with E-state index in [1.165, 1.54) is 6.07 Å². The third kappa shape index (κ3) is 3.11. The van der Waals surface area contributed by atoms with Crippen molar-refractivity contribution in [1.29, 1.82) is 0 Å². The molecule has 1 aromatic heterocycles. The van der Waals surface area contributed by atoms with Gasteiger partial charge >= 0.3 is 0 Å². The summed E-state index contributed by atoms with van der Waals surface area (Å²) in [6.07, 6.45) is 0.634. The Hall–Kier alpha value is -2.25. The first-order valence-electron chi connectivity index (χ1n) is 7.31. The smallest absolute Gasteiger partial charge is 0.243 e. The van der Waals surface area contributed by atoms with Crippen LogP contribution in [0, 0.1) is 6.92 Å². The standard InChI is InChI=1S/C16H17N3O3S/c1-3-13(12-9-7-11(2)8-10-12)19-23(20,21)15-6-4-5-14-16(15)18-22-17-14/h4-10,13,19H,3H2,1-2H3/t13-/m0/s1. The number of nitrogens with one attached hydrogen (secondary N) is 1. The third-order valence-corrected chi connectivity index (χ3v) is 5.23. The molecular formula is C16H17N3O3S. The molecule has 1 atom stereocenters. The van der Waals surface area contributed by atoms with Gasteiger partial charge in [0, 0.05) is 6.04 Å². The van der Waals surface area contributed by atoms with Crippen molar-refractivity contribution < 1.29 is 13.0 Å². The lowest BCUT2D eigenvalue weighted by atomic mass is 10.0. The summed E-state index contributed by atoms with van der Waals surface area (Å²) in [5, 5.41) is 7.38. The SMILES string of the molecule is CC[C@H](NS(=O)(=O)c1cccc2nonc12)c1ccc(C)cc1. The van der Waals surface area contributed by atoms with E-state index in [4.69, 9.17) is 0 Å². The van der Waals surface area contributed by atoms with Gasteiger partial charge < -0.3 is 0 Å². The molecule has 0 aliphatic heterocycles. The first-order valence-corrected chi connectivity index (χ1v) is 8.80. The lowest BCUT2D eigenvalue weighted by molar-refractivity contribution is 0.315. The van der Waals surface area contributed by atoms with E-state index < -0.39 is 10.0 Å². The summed E-state index contributed by atoms with van der Waals surface area (Å²) in [5.41, 5.74) is 2.70. The predicted octanol–water partition coefficient (Wildman–Crippen LogP) is 2.96. The largest absolute Gasteiger partial charge is 0.243 e. The molecule has 23 heavy (non-hydrogen) atoms. The lowest BCUT2D eigenvalue weighted by Gasteiger charge is -2.17. The molecule has 0 fully saturated rings. The molecule has 7 heteroatoms. The van der Waals surface area contributed by atoms with E-state index in [1.807, 2.05) is 38.1 Å². The van der Waals surface area contributed by atoms with Gasteiger partial charge in [0.15, 0.2) is 5.52 Å². The zero-order valence-corrected chi connectivity index (χ0v) is 13.7. The molecule has 6 nitrogen and oxygen atoms in total. The molecule has 0 radical (unpaired) electrons. The second-order valence-corrected chi connectivity index (χ2v) is 7.06. The van der Waals surface area contributed by atoms with Gasteiger partial charge in [0.25, 0.3) is 0 Å². The van der Waals surface area contributed by atoms with Crippen molar-refractivity contribution in [1.82, 2.24) is 15.0 Å². The minimum atomic E-state index is -3.74. The normalized spacial score (nSPS) is 13.3. The van der Waals surface area contributed by atoms with Crippen molar-refractivity contribution in [2.45, 2.75) is 31.2 Å². The summed E-state index contributed by atoms with van der Waals surface area (Å²) in [5.74, 6) is 0. The molecule has 3 rings (SSSR count). The summed E-state index contributed by atoms with van der Waals surface area (Å²) in [6.45, 7) is 3.93. The highest BCUT2D eigenvalue weighted by atomic mass is 32.2. The molecular weight excluding hydrogens is 314 g/mol. The summed E-state index contributed by atoms with van der Waals surface area (Å²) >= 11 is 0. The van der Waals surface area contributed by atoms with E-state index in [0.717, 1.165) is 11.1 Å². The highest BCUT2D eigenvalue weighted by Crippen LogP contribution is 2.24. The van der Waals surface area contributed by atoms with Crippen LogP contribution in [0.2, 0.25) is 0 Å². The quantitative estimate of drug-likeness (QED) is 0.777. The average Bonchev–Trinajstić information content (AvgIpc) is 3.02. The monoisotopic (exact) mass is 331 g/mol. The van der Waals surface area contributed by atoms with Gasteiger partial charge in [-0.2, -0.15) is 0 Å². The van der Waals surface area contributed by atoms with E-state index in [-0.39, 0.29) is 16.5 Å². The number of rotatable bonds is 5. The van der Waals surface area contributed by atoms with Crippen LogP contribution in [0.5, 0.6) is 0 Å². The van der Waals surface area contributed by atoms with Gasteiger partial charge in [-0.15, -0.1) is 0 Å². The number of benzene rings is 2. The summed E-state index contributed by atoms with van der Waals surface area (Å²) in [4.78, 5) is 0.0711. The number of fused-ring (bicyclic) bond motifs is 1. The Morgan fingerprint density at radius 2 is 1.87 bits per heavy atom. The summed E-state index contributed by atoms with van der Waals surface area (Å²) < 4.78 is 32.8. The number of sulfonamides is 1. The lowest BCUT2D eigenvalue weighted by Crippen LogP contribution is -2.28. The van der Waals surface area contributed by atoms with Crippen molar-refractivity contribution >= 4 is 21.1 Å². The Balaban J connectivity index is 1.96. The van der Waals surface area contributed by atoms with Gasteiger partial charge in [-0.3, -0.25) is 0 Å². The molecule has 1 N–H and O–H groups in total. The van der Waals surface area contributed by atoms with E-state index in [0.29, 0.717) is 11.9 Å². The zero-order chi connectivity index (χ0) is 16.4. The summed E-state index contributed by atoms with van der Waals surface area (Å²) in [7, 11) is -3.74. The van der Waals surface area contributed by atoms with E-state index in [2.05, 4.69) is 19.7 Å². The maximum absolute atomic E-state index is 12.7. The van der Waals surface area contributed by atoms with Crippen LogP contribution in [0.1, 0.15) is 30.5 Å². The van der Waals surface area contributed by atoms with Crippen LogP contribution in [0.4, 0.5) is 0 Å². The Morgan fingerprint density at radius 1 is 1.13 bits per heavy atom. The maximum atomic E-state index is 12.7. The summed E-state index contributed by atoms with van der Waals surface area (Å²) in [6, 6.07) is 12.3. The number of aryl methyl sites for hydroxylation is 1. The molecule has 0 aliphatic rings. The van der Waals surface area contributed by atoms with Crippen LogP contribution in [-0.4, -0.2) is 18.7 Å². The van der Waals surface area contributed by atoms with E-state index >= 15 is 0 Å². The van der Waals surface area contributed by atoms with E-state index in [1.54, 1.807) is 12.1 Å². The molecule has 0 saturated carbocycles. The molecule has 0 bridgehead atoms. The van der Waals surface area contributed by atoms with Crippen LogP contribution in [0.15, 0.2) is 52.0 Å². The second-order valence-electron chi connectivity index (χ2n) is 5.38. The van der Waals surface area contributed by atoms with Crippen LogP contribution < -0.4 is 4.72 Å². The third-order valence-electron chi connectivity index (χ3n) is 3.72. The van der Waals surface area contributed by atoms with Gasteiger partial charge in [0.2, 0.25) is 10.0 Å². The van der Waals surface area contributed by atoms with Gasteiger partial charge in [-0.05, 0) is 41.4 Å². The van der Waals surface area contributed by atoms with Crippen LogP contribution in [0.3, 0.4) is 0 Å². The van der Waals surface area contributed by atoms with Crippen molar-refractivity contribution in [3.8, 4) is 0 Å². The first kappa shape index (κ1) is 15.6. The molecule has 1 heterocycles. The molecule has 2 aromatic carbocycles. The first-order chi connectivity index (χ1) is 11.0. The van der Waals surface area contributed by atoms with Crippen LogP contribution in [-0.2, 0) is 10.0 Å². The highest BCUT2D eigenvalue weighted by molar-refractivity contribution is 7.89. The molecule has 0 aliphatic carbocycles. The fourth-order valence-corrected chi connectivity index (χ4v) is 3.89. The fraction of sp³-hybridized carbons (Fsp3) is 0.250. The van der Waals surface area contributed by atoms with Gasteiger partial charge in [0.05, 0.1) is 0 Å².